The molecule has 0 bridgehead atoms. The molecule has 0 aliphatic rings. The molecule has 0 aliphatic carbocycles. The summed E-state index contributed by atoms with van der Waals surface area (Å²) in [6, 6.07) is 10.6. The highest BCUT2D eigenvalue weighted by atomic mass is 35.5. The van der Waals surface area contributed by atoms with E-state index in [0.29, 0.717) is 16.5 Å². The molecule has 0 aliphatic heterocycles. The lowest BCUT2D eigenvalue weighted by atomic mass is 10.3. The summed E-state index contributed by atoms with van der Waals surface area (Å²) in [6.07, 6.45) is 1.60. The molecule has 5 nitrogen and oxygen atoms in total. The predicted octanol–water partition coefficient (Wildman–Crippen LogP) is 2.82. The first-order valence-corrected chi connectivity index (χ1v) is 6.74. The van der Waals surface area contributed by atoms with Crippen molar-refractivity contribution in [1.29, 1.82) is 0 Å². The fourth-order valence-electron chi connectivity index (χ4n) is 1.63. The number of hydrogen-bond donors (Lipinski definition) is 1. The van der Waals surface area contributed by atoms with Crippen LogP contribution in [0.15, 0.2) is 42.6 Å². The van der Waals surface area contributed by atoms with Crippen LogP contribution in [0.2, 0.25) is 5.02 Å². The van der Waals surface area contributed by atoms with Gasteiger partial charge in [0, 0.05) is 14.1 Å². The van der Waals surface area contributed by atoms with E-state index in [1.165, 1.54) is 0 Å². The van der Waals surface area contributed by atoms with E-state index >= 15 is 0 Å². The van der Waals surface area contributed by atoms with Crippen LogP contribution < -0.4 is 15.0 Å². The van der Waals surface area contributed by atoms with Crippen LogP contribution in [0.3, 0.4) is 0 Å². The predicted molar refractivity (Wildman–Crippen MR) is 84.1 cm³/mol. The molecule has 110 valence electrons. The molecular formula is C15H16ClN3O2. The van der Waals surface area contributed by atoms with Gasteiger partial charge in [0.05, 0.1) is 16.9 Å². The number of halogens is 1. The smallest absolute Gasteiger partial charge is 0.262 e. The van der Waals surface area contributed by atoms with Gasteiger partial charge in [-0.05, 0) is 24.3 Å². The van der Waals surface area contributed by atoms with E-state index in [1.807, 2.05) is 25.1 Å². The lowest BCUT2D eigenvalue weighted by Crippen LogP contribution is -2.20. The van der Waals surface area contributed by atoms with Crippen molar-refractivity contribution in [3.05, 3.63) is 47.6 Å². The molecule has 2 aromatic rings. The minimum absolute atomic E-state index is 0.112. The molecule has 0 spiro atoms. The molecule has 0 saturated carbocycles. The van der Waals surface area contributed by atoms with Gasteiger partial charge in [-0.15, -0.1) is 0 Å². The van der Waals surface area contributed by atoms with Gasteiger partial charge < -0.3 is 15.0 Å². The van der Waals surface area contributed by atoms with Crippen LogP contribution in [-0.4, -0.2) is 31.6 Å². The number of hydrogen-bond acceptors (Lipinski definition) is 4. The van der Waals surface area contributed by atoms with Crippen molar-refractivity contribution < 1.29 is 9.53 Å². The van der Waals surface area contributed by atoms with Crippen LogP contribution in [-0.2, 0) is 4.79 Å². The average Bonchev–Trinajstić information content (AvgIpc) is 2.47. The lowest BCUT2D eigenvalue weighted by Gasteiger charge is -2.12. The number of benzene rings is 1. The molecule has 1 aromatic carbocycles. The summed E-state index contributed by atoms with van der Waals surface area (Å²) >= 11 is 5.94. The van der Waals surface area contributed by atoms with Crippen molar-refractivity contribution in [1.82, 2.24) is 4.98 Å². The van der Waals surface area contributed by atoms with Gasteiger partial charge in [-0.1, -0.05) is 23.7 Å². The fourth-order valence-corrected chi connectivity index (χ4v) is 1.82. The minimum Gasteiger partial charge on any atom is -0.482 e. The van der Waals surface area contributed by atoms with Gasteiger partial charge in [0.25, 0.3) is 5.91 Å². The number of carbonyl (C=O) groups excluding carboxylic acids is 1. The van der Waals surface area contributed by atoms with Crippen molar-refractivity contribution in [2.45, 2.75) is 0 Å². The summed E-state index contributed by atoms with van der Waals surface area (Å²) in [6.45, 7) is -0.112. The van der Waals surface area contributed by atoms with E-state index in [1.54, 1.807) is 36.5 Å². The SMILES string of the molecule is CN(C)c1ccc(NC(=O)COc2ccccc2Cl)cn1. The Balaban J connectivity index is 1.88. The average molecular weight is 306 g/mol. The van der Waals surface area contributed by atoms with Gasteiger partial charge in [-0.3, -0.25) is 4.79 Å². The molecule has 6 heteroatoms. The highest BCUT2D eigenvalue weighted by Gasteiger charge is 2.06. The molecular weight excluding hydrogens is 290 g/mol. The van der Waals surface area contributed by atoms with Gasteiger partial charge >= 0.3 is 0 Å². The van der Waals surface area contributed by atoms with Crippen LogP contribution in [0.5, 0.6) is 5.75 Å². The summed E-state index contributed by atoms with van der Waals surface area (Å²) in [5.41, 5.74) is 0.619. The van der Waals surface area contributed by atoms with Crippen molar-refractivity contribution in [2.75, 3.05) is 30.9 Å². The summed E-state index contributed by atoms with van der Waals surface area (Å²) in [5, 5.41) is 3.18. The van der Waals surface area contributed by atoms with E-state index < -0.39 is 0 Å². The van der Waals surface area contributed by atoms with E-state index in [-0.39, 0.29) is 12.5 Å². The number of nitrogens with zero attached hydrogens (tertiary/aromatic N) is 2. The van der Waals surface area contributed by atoms with E-state index in [2.05, 4.69) is 10.3 Å². The third-order valence-electron chi connectivity index (χ3n) is 2.69. The van der Waals surface area contributed by atoms with Crippen molar-refractivity contribution >= 4 is 29.0 Å². The van der Waals surface area contributed by atoms with Crippen LogP contribution >= 0.6 is 11.6 Å². The molecule has 1 N–H and O–H groups in total. The Kier molecular flexibility index (Phi) is 5.00. The van der Waals surface area contributed by atoms with E-state index in [0.717, 1.165) is 5.82 Å². The molecule has 1 aromatic heterocycles. The third kappa shape index (κ3) is 4.36. The second-order valence-electron chi connectivity index (χ2n) is 4.57. The zero-order valence-electron chi connectivity index (χ0n) is 11.8. The largest absolute Gasteiger partial charge is 0.482 e. The number of rotatable bonds is 5. The highest BCUT2D eigenvalue weighted by Crippen LogP contribution is 2.22. The normalized spacial score (nSPS) is 10.0. The van der Waals surface area contributed by atoms with Gasteiger partial charge in [0.15, 0.2) is 6.61 Å². The molecule has 21 heavy (non-hydrogen) atoms. The number of pyridine rings is 1. The second kappa shape index (κ2) is 6.95. The lowest BCUT2D eigenvalue weighted by molar-refractivity contribution is -0.118. The molecule has 0 radical (unpaired) electrons. The number of ether oxygens (including phenoxy) is 1. The van der Waals surface area contributed by atoms with Gasteiger partial charge in [-0.2, -0.15) is 0 Å². The van der Waals surface area contributed by atoms with Crippen LogP contribution in [0.4, 0.5) is 11.5 Å². The Morgan fingerprint density at radius 3 is 2.67 bits per heavy atom. The van der Waals surface area contributed by atoms with Crippen molar-refractivity contribution in [3.8, 4) is 5.75 Å². The van der Waals surface area contributed by atoms with Crippen LogP contribution in [0.25, 0.3) is 0 Å². The minimum atomic E-state index is -0.269. The quantitative estimate of drug-likeness (QED) is 0.923. The molecule has 0 fully saturated rings. The third-order valence-corrected chi connectivity index (χ3v) is 3.00. The second-order valence-corrected chi connectivity index (χ2v) is 4.97. The van der Waals surface area contributed by atoms with E-state index in [4.69, 9.17) is 16.3 Å². The first-order chi connectivity index (χ1) is 10.1. The van der Waals surface area contributed by atoms with Gasteiger partial charge in [0.2, 0.25) is 0 Å². The van der Waals surface area contributed by atoms with E-state index in [9.17, 15) is 4.79 Å². The molecule has 0 unspecified atom stereocenters. The molecule has 0 saturated heterocycles. The van der Waals surface area contributed by atoms with Gasteiger partial charge in [0.1, 0.15) is 11.6 Å². The molecule has 2 rings (SSSR count). The highest BCUT2D eigenvalue weighted by molar-refractivity contribution is 6.32. The maximum atomic E-state index is 11.8. The number of para-hydroxylation sites is 1. The number of aromatic nitrogens is 1. The van der Waals surface area contributed by atoms with Crippen LogP contribution in [0, 0.1) is 0 Å². The summed E-state index contributed by atoms with van der Waals surface area (Å²) in [7, 11) is 3.80. The Hall–Kier alpha value is -2.27. The Bertz CT molecular complexity index is 615. The van der Waals surface area contributed by atoms with Gasteiger partial charge in [-0.25, -0.2) is 4.98 Å². The topological polar surface area (TPSA) is 54.5 Å². The molecule has 0 atom stereocenters. The summed E-state index contributed by atoms with van der Waals surface area (Å²) in [4.78, 5) is 17.9. The zero-order chi connectivity index (χ0) is 15.2. The van der Waals surface area contributed by atoms with Crippen molar-refractivity contribution in [3.63, 3.8) is 0 Å². The number of anilines is 2. The number of amides is 1. The Morgan fingerprint density at radius 1 is 1.29 bits per heavy atom. The van der Waals surface area contributed by atoms with Crippen molar-refractivity contribution in [2.24, 2.45) is 0 Å². The zero-order valence-corrected chi connectivity index (χ0v) is 12.6. The number of nitrogens with one attached hydrogen (secondary N) is 1. The Morgan fingerprint density at radius 2 is 2.05 bits per heavy atom. The fraction of sp³-hybridized carbons (Fsp3) is 0.200. The summed E-state index contributed by atoms with van der Waals surface area (Å²) in [5.74, 6) is 1.03. The number of carbonyl (C=O) groups is 1. The molecule has 1 amide bonds. The standard InChI is InChI=1S/C15H16ClN3O2/c1-19(2)14-8-7-11(9-17-14)18-15(20)10-21-13-6-4-3-5-12(13)16/h3-9H,10H2,1-2H3,(H,18,20). The maximum absolute atomic E-state index is 11.8. The first-order valence-electron chi connectivity index (χ1n) is 6.37. The Labute approximate surface area is 128 Å². The van der Waals surface area contributed by atoms with Crippen LogP contribution in [0.1, 0.15) is 0 Å². The molecule has 1 heterocycles. The monoisotopic (exact) mass is 305 g/mol. The maximum Gasteiger partial charge on any atom is 0.262 e. The summed E-state index contributed by atoms with van der Waals surface area (Å²) < 4.78 is 5.36. The first kappa shape index (κ1) is 15.1.